The van der Waals surface area contributed by atoms with E-state index in [0.29, 0.717) is 6.42 Å². The minimum atomic E-state index is 0.00560. The third-order valence-corrected chi connectivity index (χ3v) is 3.17. The second-order valence-corrected chi connectivity index (χ2v) is 4.46. The zero-order chi connectivity index (χ0) is 12.8. The first kappa shape index (κ1) is 12.8. The Labute approximate surface area is 108 Å². The Bertz CT molecular complexity index is 481. The maximum Gasteiger partial charge on any atom is 0.0471 e. The molecule has 1 atom stereocenters. The van der Waals surface area contributed by atoms with Crippen LogP contribution in [0.5, 0.6) is 0 Å². The van der Waals surface area contributed by atoms with Crippen LogP contribution in [0.15, 0.2) is 54.6 Å². The fraction of sp³-hybridized carbons (Fsp3) is 0.250. The van der Waals surface area contributed by atoms with Crippen LogP contribution < -0.4 is 5.73 Å². The van der Waals surface area contributed by atoms with Crippen molar-refractivity contribution in [2.45, 2.75) is 18.9 Å². The Morgan fingerprint density at radius 1 is 0.889 bits per heavy atom. The average molecular weight is 241 g/mol. The summed E-state index contributed by atoms with van der Waals surface area (Å²) in [6.45, 7) is 0.178. The summed E-state index contributed by atoms with van der Waals surface area (Å²) in [6.07, 6.45) is 1.50. The van der Waals surface area contributed by atoms with E-state index >= 15 is 0 Å². The summed E-state index contributed by atoms with van der Waals surface area (Å²) in [7, 11) is 0. The quantitative estimate of drug-likeness (QED) is 0.844. The van der Waals surface area contributed by atoms with Crippen molar-refractivity contribution in [3.8, 4) is 0 Å². The Morgan fingerprint density at radius 3 is 2.17 bits per heavy atom. The summed E-state index contributed by atoms with van der Waals surface area (Å²) in [5, 5.41) is 9.06. The fourth-order valence-corrected chi connectivity index (χ4v) is 2.18. The van der Waals surface area contributed by atoms with E-state index in [0.717, 1.165) is 12.0 Å². The van der Waals surface area contributed by atoms with Crippen molar-refractivity contribution in [3.05, 3.63) is 71.3 Å². The summed E-state index contributed by atoms with van der Waals surface area (Å²) in [5.74, 6) is 0. The third kappa shape index (κ3) is 3.19. The second kappa shape index (κ2) is 6.34. The lowest BCUT2D eigenvalue weighted by atomic mass is 9.95. The summed E-state index contributed by atoms with van der Waals surface area (Å²) in [5.41, 5.74) is 9.79. The highest BCUT2D eigenvalue weighted by atomic mass is 16.2. The molecule has 2 nitrogen and oxygen atoms in total. The normalized spacial score (nSPS) is 12.3. The highest BCUT2D eigenvalue weighted by molar-refractivity contribution is 5.30. The van der Waals surface area contributed by atoms with Crippen LogP contribution in [0.2, 0.25) is 0 Å². The predicted octanol–water partition coefficient (Wildman–Crippen LogP) is 2.46. The molecule has 94 valence electrons. The second-order valence-electron chi connectivity index (χ2n) is 4.46. The van der Waals surface area contributed by atoms with Crippen LogP contribution in [-0.4, -0.2) is 11.7 Å². The van der Waals surface area contributed by atoms with Gasteiger partial charge in [-0.1, -0.05) is 54.6 Å². The molecule has 1 unspecified atom stereocenters. The van der Waals surface area contributed by atoms with E-state index in [1.54, 1.807) is 0 Å². The molecule has 0 heterocycles. The zero-order valence-corrected chi connectivity index (χ0v) is 10.4. The Kier molecular flexibility index (Phi) is 4.51. The van der Waals surface area contributed by atoms with Gasteiger partial charge in [-0.25, -0.2) is 0 Å². The van der Waals surface area contributed by atoms with Gasteiger partial charge in [-0.05, 0) is 29.5 Å². The van der Waals surface area contributed by atoms with E-state index in [1.165, 1.54) is 11.1 Å². The molecule has 0 saturated heterocycles. The molecule has 0 fully saturated rings. The van der Waals surface area contributed by atoms with Gasteiger partial charge >= 0.3 is 0 Å². The van der Waals surface area contributed by atoms with E-state index in [-0.39, 0.29) is 12.6 Å². The van der Waals surface area contributed by atoms with Crippen molar-refractivity contribution >= 4 is 0 Å². The molecule has 0 bridgehead atoms. The molecule has 2 heteroatoms. The van der Waals surface area contributed by atoms with Gasteiger partial charge in [0.25, 0.3) is 0 Å². The van der Waals surface area contributed by atoms with E-state index in [1.807, 2.05) is 30.3 Å². The first-order valence-electron chi connectivity index (χ1n) is 6.29. The zero-order valence-electron chi connectivity index (χ0n) is 10.4. The molecule has 2 rings (SSSR count). The lowest BCUT2D eigenvalue weighted by Gasteiger charge is -2.15. The minimum absolute atomic E-state index is 0.00560. The van der Waals surface area contributed by atoms with Crippen LogP contribution in [0, 0.1) is 0 Å². The Balaban J connectivity index is 2.14. The van der Waals surface area contributed by atoms with Crippen LogP contribution >= 0.6 is 0 Å². The Hall–Kier alpha value is -1.64. The first-order chi connectivity index (χ1) is 8.81. The van der Waals surface area contributed by atoms with Crippen LogP contribution in [-0.2, 0) is 12.8 Å². The molecule has 0 amide bonds. The van der Waals surface area contributed by atoms with Crippen LogP contribution in [0.3, 0.4) is 0 Å². The number of hydrogen-bond acceptors (Lipinski definition) is 2. The van der Waals surface area contributed by atoms with Crippen molar-refractivity contribution in [1.29, 1.82) is 0 Å². The molecule has 0 aliphatic rings. The molecule has 2 aromatic rings. The molecule has 0 aliphatic heterocycles. The summed E-state index contributed by atoms with van der Waals surface area (Å²) >= 11 is 0. The van der Waals surface area contributed by atoms with Gasteiger partial charge in [-0.15, -0.1) is 0 Å². The number of aliphatic hydroxyl groups excluding tert-OH is 1. The van der Waals surface area contributed by atoms with Crippen LogP contribution in [0.4, 0.5) is 0 Å². The van der Waals surface area contributed by atoms with Crippen LogP contribution in [0.25, 0.3) is 0 Å². The predicted molar refractivity (Wildman–Crippen MR) is 74.3 cm³/mol. The van der Waals surface area contributed by atoms with Gasteiger partial charge in [0.05, 0.1) is 0 Å². The van der Waals surface area contributed by atoms with E-state index in [4.69, 9.17) is 10.8 Å². The van der Waals surface area contributed by atoms with Crippen molar-refractivity contribution in [2.75, 3.05) is 6.61 Å². The van der Waals surface area contributed by atoms with Gasteiger partial charge in [0.15, 0.2) is 0 Å². The number of benzene rings is 2. The lowest BCUT2D eigenvalue weighted by Crippen LogP contribution is -2.14. The van der Waals surface area contributed by atoms with Crippen molar-refractivity contribution in [1.82, 2.24) is 0 Å². The van der Waals surface area contributed by atoms with E-state index < -0.39 is 0 Å². The number of hydrogen-bond donors (Lipinski definition) is 2. The molecule has 0 saturated carbocycles. The molecule has 0 aromatic heterocycles. The maximum absolute atomic E-state index is 9.06. The summed E-state index contributed by atoms with van der Waals surface area (Å²) in [6, 6.07) is 18.3. The van der Waals surface area contributed by atoms with Crippen LogP contribution in [0.1, 0.15) is 22.7 Å². The molecule has 0 spiro atoms. The fourth-order valence-electron chi connectivity index (χ4n) is 2.18. The molecular formula is C16H19NO. The average Bonchev–Trinajstić information content (AvgIpc) is 2.42. The molecule has 2 aromatic carbocycles. The monoisotopic (exact) mass is 241 g/mol. The largest absolute Gasteiger partial charge is 0.396 e. The maximum atomic E-state index is 9.06. The standard InChI is InChI=1S/C16H19NO/c17-16(14-7-2-1-3-8-14)12-15-9-5-4-6-13(15)10-11-18/h1-9,16,18H,10-12,17H2. The van der Waals surface area contributed by atoms with Gasteiger partial charge in [-0.2, -0.15) is 0 Å². The van der Waals surface area contributed by atoms with Gasteiger partial charge in [0.2, 0.25) is 0 Å². The molecule has 18 heavy (non-hydrogen) atoms. The number of nitrogens with two attached hydrogens (primary N) is 1. The first-order valence-corrected chi connectivity index (χ1v) is 6.29. The molecule has 0 aliphatic carbocycles. The SMILES string of the molecule is NC(Cc1ccccc1CCO)c1ccccc1. The van der Waals surface area contributed by atoms with E-state index in [2.05, 4.69) is 24.3 Å². The highest BCUT2D eigenvalue weighted by Gasteiger charge is 2.09. The lowest BCUT2D eigenvalue weighted by molar-refractivity contribution is 0.299. The number of aliphatic hydroxyl groups is 1. The third-order valence-electron chi connectivity index (χ3n) is 3.17. The van der Waals surface area contributed by atoms with Crippen molar-refractivity contribution in [3.63, 3.8) is 0 Å². The summed E-state index contributed by atoms with van der Waals surface area (Å²) in [4.78, 5) is 0. The Morgan fingerprint density at radius 2 is 1.50 bits per heavy atom. The minimum Gasteiger partial charge on any atom is -0.396 e. The van der Waals surface area contributed by atoms with Gasteiger partial charge in [0, 0.05) is 12.6 Å². The van der Waals surface area contributed by atoms with Gasteiger partial charge in [0.1, 0.15) is 0 Å². The van der Waals surface area contributed by atoms with Gasteiger partial charge < -0.3 is 10.8 Å². The molecule has 0 radical (unpaired) electrons. The highest BCUT2D eigenvalue weighted by Crippen LogP contribution is 2.18. The smallest absolute Gasteiger partial charge is 0.0471 e. The molecular weight excluding hydrogens is 222 g/mol. The van der Waals surface area contributed by atoms with Gasteiger partial charge in [-0.3, -0.25) is 0 Å². The van der Waals surface area contributed by atoms with Crippen molar-refractivity contribution in [2.24, 2.45) is 5.73 Å². The molecule has 3 N–H and O–H groups in total. The van der Waals surface area contributed by atoms with Crippen molar-refractivity contribution < 1.29 is 5.11 Å². The number of rotatable bonds is 5. The topological polar surface area (TPSA) is 46.2 Å². The van der Waals surface area contributed by atoms with E-state index in [9.17, 15) is 0 Å². The summed E-state index contributed by atoms with van der Waals surface area (Å²) < 4.78 is 0.